The van der Waals surface area contributed by atoms with Gasteiger partial charge in [0.15, 0.2) is 5.82 Å². The third kappa shape index (κ3) is 3.96. The van der Waals surface area contributed by atoms with Crippen molar-refractivity contribution in [2.75, 3.05) is 18.4 Å². The van der Waals surface area contributed by atoms with Gasteiger partial charge in [-0.2, -0.15) is 5.10 Å². The van der Waals surface area contributed by atoms with Crippen LogP contribution in [0.25, 0.3) is 5.52 Å². The van der Waals surface area contributed by atoms with Crippen LogP contribution in [0.2, 0.25) is 0 Å². The average molecular weight is 364 g/mol. The van der Waals surface area contributed by atoms with Crippen molar-refractivity contribution in [2.24, 2.45) is 5.73 Å². The maximum atomic E-state index is 6.05. The summed E-state index contributed by atoms with van der Waals surface area (Å²) in [5.74, 6) is 0.898. The van der Waals surface area contributed by atoms with E-state index in [1.165, 1.54) is 11.1 Å². The maximum Gasteiger partial charge on any atom is 0.154 e. The number of fused-ring (bicyclic) bond motifs is 1. The molecular formula is C21H28N6. The first kappa shape index (κ1) is 17.9. The summed E-state index contributed by atoms with van der Waals surface area (Å²) in [6.45, 7) is 5.21. The van der Waals surface area contributed by atoms with Gasteiger partial charge in [0, 0.05) is 18.8 Å². The maximum absolute atomic E-state index is 6.05. The Hall–Kier alpha value is -2.44. The highest BCUT2D eigenvalue weighted by Crippen LogP contribution is 2.27. The molecule has 1 fully saturated rings. The van der Waals surface area contributed by atoms with Gasteiger partial charge in [0.2, 0.25) is 0 Å². The lowest BCUT2D eigenvalue weighted by molar-refractivity contribution is 0.206. The molecule has 1 aliphatic rings. The molecule has 27 heavy (non-hydrogen) atoms. The topological polar surface area (TPSA) is 71.5 Å². The van der Waals surface area contributed by atoms with E-state index in [0.717, 1.165) is 50.2 Å². The van der Waals surface area contributed by atoms with Crippen LogP contribution in [0, 0.1) is 0 Å². The smallest absolute Gasteiger partial charge is 0.154 e. The predicted molar refractivity (Wildman–Crippen MR) is 109 cm³/mol. The van der Waals surface area contributed by atoms with Crippen LogP contribution in [0.15, 0.2) is 48.9 Å². The van der Waals surface area contributed by atoms with E-state index in [1.54, 1.807) is 6.33 Å². The van der Waals surface area contributed by atoms with Crippen LogP contribution in [0.1, 0.15) is 43.4 Å². The number of nitrogens with two attached hydrogens (primary N) is 1. The Morgan fingerprint density at radius 3 is 2.70 bits per heavy atom. The molecule has 1 aliphatic heterocycles. The minimum absolute atomic E-state index is 0.223. The van der Waals surface area contributed by atoms with Crippen LogP contribution in [0.3, 0.4) is 0 Å². The minimum atomic E-state index is 0.223. The third-order valence-corrected chi connectivity index (χ3v) is 5.48. The molecule has 1 aromatic carbocycles. The molecule has 0 bridgehead atoms. The van der Waals surface area contributed by atoms with E-state index < -0.39 is 0 Å². The number of nitrogens with one attached hydrogen (secondary N) is 1. The summed E-state index contributed by atoms with van der Waals surface area (Å²) in [6.07, 6.45) is 6.77. The van der Waals surface area contributed by atoms with Crippen LogP contribution in [-0.2, 0) is 6.54 Å². The van der Waals surface area contributed by atoms with E-state index in [9.17, 15) is 0 Å². The molecule has 2 aromatic heterocycles. The third-order valence-electron chi connectivity index (χ3n) is 5.48. The number of hydrogen-bond acceptors (Lipinski definition) is 5. The molecule has 6 nitrogen and oxygen atoms in total. The fraction of sp³-hybridized carbons (Fsp3) is 0.429. The Labute approximate surface area is 160 Å². The van der Waals surface area contributed by atoms with Crippen molar-refractivity contribution in [1.29, 1.82) is 0 Å². The molecule has 0 spiro atoms. The fourth-order valence-corrected chi connectivity index (χ4v) is 3.87. The van der Waals surface area contributed by atoms with Gasteiger partial charge in [0.25, 0.3) is 0 Å². The minimum Gasteiger partial charge on any atom is -0.361 e. The molecule has 1 saturated heterocycles. The zero-order valence-electron chi connectivity index (χ0n) is 15.9. The molecule has 0 amide bonds. The van der Waals surface area contributed by atoms with E-state index >= 15 is 0 Å². The van der Waals surface area contributed by atoms with Crippen LogP contribution < -0.4 is 11.1 Å². The van der Waals surface area contributed by atoms with Crippen molar-refractivity contribution in [1.82, 2.24) is 19.5 Å². The Balaban J connectivity index is 1.60. The summed E-state index contributed by atoms with van der Waals surface area (Å²) in [5, 5.41) is 8.05. The van der Waals surface area contributed by atoms with Gasteiger partial charge in [-0.3, -0.25) is 4.90 Å². The van der Waals surface area contributed by atoms with Crippen LogP contribution in [0.5, 0.6) is 0 Å². The van der Waals surface area contributed by atoms with Gasteiger partial charge in [-0.1, -0.05) is 37.3 Å². The number of rotatable bonds is 6. The standard InChI is InChI=1S/C21H28N6/c1-2-19(16-6-4-3-5-7-16)25-21-20-17(8-13-27(20)24-15-23-21)14-26-11-9-18(22)10-12-26/h3-8,13,15,18-19H,2,9-12,14,22H2,1H3,(H,23,24,25)/t19-/m1/s1. The average Bonchev–Trinajstić information content (AvgIpc) is 3.12. The largest absolute Gasteiger partial charge is 0.361 e. The van der Waals surface area contributed by atoms with Crippen molar-refractivity contribution in [3.8, 4) is 0 Å². The first-order chi connectivity index (χ1) is 13.2. The molecule has 142 valence electrons. The molecular weight excluding hydrogens is 336 g/mol. The zero-order chi connectivity index (χ0) is 18.6. The highest BCUT2D eigenvalue weighted by Gasteiger charge is 2.19. The Morgan fingerprint density at radius 2 is 1.96 bits per heavy atom. The van der Waals surface area contributed by atoms with Crippen LogP contribution in [-0.4, -0.2) is 38.6 Å². The van der Waals surface area contributed by atoms with Gasteiger partial charge in [-0.25, -0.2) is 9.50 Å². The van der Waals surface area contributed by atoms with Crippen molar-refractivity contribution < 1.29 is 0 Å². The van der Waals surface area contributed by atoms with Gasteiger partial charge in [0.1, 0.15) is 11.8 Å². The van der Waals surface area contributed by atoms with E-state index in [1.807, 2.05) is 10.7 Å². The lowest BCUT2D eigenvalue weighted by atomic mass is 10.0. The summed E-state index contributed by atoms with van der Waals surface area (Å²) in [5.41, 5.74) is 9.65. The molecule has 0 radical (unpaired) electrons. The SMILES string of the molecule is CC[C@@H](Nc1ncnn2ccc(CN3CCC(N)CC3)c12)c1ccccc1. The predicted octanol–water partition coefficient (Wildman–Crippen LogP) is 3.22. The number of likely N-dealkylation sites (tertiary alicyclic amines) is 1. The van der Waals surface area contributed by atoms with Gasteiger partial charge in [-0.05, 0) is 49.5 Å². The highest BCUT2D eigenvalue weighted by molar-refractivity contribution is 5.72. The molecule has 0 saturated carbocycles. The number of piperidine rings is 1. The van der Waals surface area contributed by atoms with Gasteiger partial charge >= 0.3 is 0 Å². The summed E-state index contributed by atoms with van der Waals surface area (Å²) >= 11 is 0. The van der Waals surface area contributed by atoms with Crippen molar-refractivity contribution >= 4 is 11.3 Å². The Bertz CT molecular complexity index is 867. The number of benzene rings is 1. The second kappa shape index (κ2) is 8.06. The monoisotopic (exact) mass is 364 g/mol. The number of nitrogens with zero attached hydrogens (tertiary/aromatic N) is 4. The Kier molecular flexibility index (Phi) is 5.36. The fourth-order valence-electron chi connectivity index (χ4n) is 3.87. The van der Waals surface area contributed by atoms with E-state index in [0.29, 0.717) is 6.04 Å². The molecule has 3 heterocycles. The normalized spacial score (nSPS) is 17.3. The van der Waals surface area contributed by atoms with E-state index in [-0.39, 0.29) is 6.04 Å². The summed E-state index contributed by atoms with van der Waals surface area (Å²) in [6, 6.07) is 13.3. The number of hydrogen-bond donors (Lipinski definition) is 2. The highest BCUT2D eigenvalue weighted by atomic mass is 15.3. The van der Waals surface area contributed by atoms with Gasteiger partial charge < -0.3 is 11.1 Å². The zero-order valence-corrected chi connectivity index (χ0v) is 15.9. The van der Waals surface area contributed by atoms with Crippen LogP contribution in [0.4, 0.5) is 5.82 Å². The Morgan fingerprint density at radius 1 is 1.19 bits per heavy atom. The molecule has 1 atom stereocenters. The molecule has 0 unspecified atom stereocenters. The first-order valence-corrected chi connectivity index (χ1v) is 9.85. The van der Waals surface area contributed by atoms with Gasteiger partial charge in [0.05, 0.1) is 6.04 Å². The second-order valence-electron chi connectivity index (χ2n) is 7.37. The number of anilines is 1. The quantitative estimate of drug-likeness (QED) is 0.703. The summed E-state index contributed by atoms with van der Waals surface area (Å²) in [4.78, 5) is 7.05. The molecule has 6 heteroatoms. The van der Waals surface area contributed by atoms with Crippen LogP contribution >= 0.6 is 0 Å². The lowest BCUT2D eigenvalue weighted by Gasteiger charge is -2.30. The molecule has 3 aromatic rings. The summed E-state index contributed by atoms with van der Waals surface area (Å²) in [7, 11) is 0. The molecule has 3 N–H and O–H groups in total. The molecule has 4 rings (SSSR count). The summed E-state index contributed by atoms with van der Waals surface area (Å²) < 4.78 is 1.93. The second-order valence-corrected chi connectivity index (χ2v) is 7.37. The van der Waals surface area contributed by atoms with Crippen molar-refractivity contribution in [3.63, 3.8) is 0 Å². The van der Waals surface area contributed by atoms with Crippen molar-refractivity contribution in [2.45, 2.75) is 44.8 Å². The molecule has 0 aliphatic carbocycles. The number of aromatic nitrogens is 3. The van der Waals surface area contributed by atoms with E-state index in [2.05, 4.69) is 63.6 Å². The first-order valence-electron chi connectivity index (χ1n) is 9.85. The van der Waals surface area contributed by atoms with Gasteiger partial charge in [-0.15, -0.1) is 0 Å². The van der Waals surface area contributed by atoms with E-state index in [4.69, 9.17) is 5.73 Å². The lowest BCUT2D eigenvalue weighted by Crippen LogP contribution is -2.39. The van der Waals surface area contributed by atoms with Crippen molar-refractivity contribution in [3.05, 3.63) is 60.0 Å².